The van der Waals surface area contributed by atoms with Crippen molar-refractivity contribution >= 4 is 17.6 Å². The van der Waals surface area contributed by atoms with Crippen molar-refractivity contribution in [2.75, 3.05) is 12.4 Å². The number of amides is 1. The lowest BCUT2D eigenvalue weighted by Gasteiger charge is -2.16. The molecular formula is C12H11NO3. The van der Waals surface area contributed by atoms with E-state index < -0.39 is 0 Å². The first-order chi connectivity index (χ1) is 7.70. The highest BCUT2D eigenvalue weighted by molar-refractivity contribution is 6.01. The van der Waals surface area contributed by atoms with Crippen LogP contribution < -0.4 is 5.32 Å². The summed E-state index contributed by atoms with van der Waals surface area (Å²) in [5.74, 6) is 0.196. The van der Waals surface area contributed by atoms with Gasteiger partial charge in [-0.2, -0.15) is 0 Å². The maximum Gasteiger partial charge on any atom is 0.337 e. The molecular weight excluding hydrogens is 206 g/mol. The Morgan fingerprint density at radius 2 is 2.25 bits per heavy atom. The van der Waals surface area contributed by atoms with Crippen molar-refractivity contribution in [1.29, 1.82) is 0 Å². The summed E-state index contributed by atoms with van der Waals surface area (Å²) < 4.78 is 4.64. The molecule has 0 saturated heterocycles. The maximum absolute atomic E-state index is 11.5. The largest absolute Gasteiger partial charge is 0.465 e. The van der Waals surface area contributed by atoms with Crippen LogP contribution in [0.4, 0.5) is 5.69 Å². The number of esters is 1. The Kier molecular flexibility index (Phi) is 1.80. The van der Waals surface area contributed by atoms with Gasteiger partial charge in [0.05, 0.1) is 12.7 Å². The fourth-order valence-corrected chi connectivity index (χ4v) is 2.29. The number of fused-ring (bicyclic) bond motifs is 3. The van der Waals surface area contributed by atoms with Gasteiger partial charge >= 0.3 is 5.97 Å². The van der Waals surface area contributed by atoms with Crippen LogP contribution in [0.5, 0.6) is 0 Å². The van der Waals surface area contributed by atoms with Crippen molar-refractivity contribution in [2.24, 2.45) is 5.92 Å². The van der Waals surface area contributed by atoms with Gasteiger partial charge in [-0.25, -0.2) is 4.79 Å². The van der Waals surface area contributed by atoms with E-state index in [2.05, 4.69) is 10.1 Å². The third kappa shape index (κ3) is 1.23. The molecule has 1 aromatic rings. The van der Waals surface area contributed by atoms with Crippen LogP contribution >= 0.6 is 0 Å². The van der Waals surface area contributed by atoms with E-state index in [-0.39, 0.29) is 17.8 Å². The van der Waals surface area contributed by atoms with Crippen LogP contribution in [0, 0.1) is 5.92 Å². The van der Waals surface area contributed by atoms with Crippen LogP contribution in [0.1, 0.15) is 28.3 Å². The van der Waals surface area contributed by atoms with Crippen LogP contribution in [0.25, 0.3) is 0 Å². The van der Waals surface area contributed by atoms with Crippen LogP contribution in [0.2, 0.25) is 0 Å². The molecule has 2 atom stereocenters. The van der Waals surface area contributed by atoms with E-state index in [1.54, 1.807) is 12.1 Å². The summed E-state index contributed by atoms with van der Waals surface area (Å²) in [6.45, 7) is 0. The Morgan fingerprint density at radius 1 is 1.44 bits per heavy atom. The zero-order valence-electron chi connectivity index (χ0n) is 8.82. The lowest BCUT2D eigenvalue weighted by molar-refractivity contribution is -0.117. The van der Waals surface area contributed by atoms with Crippen LogP contribution in [0.15, 0.2) is 18.2 Å². The molecule has 2 aliphatic rings. The van der Waals surface area contributed by atoms with E-state index in [0.717, 1.165) is 17.7 Å². The number of carbonyl (C=O) groups excluding carboxylic acids is 2. The Hall–Kier alpha value is -1.84. The molecule has 0 spiro atoms. The average Bonchev–Trinajstić information content (AvgIpc) is 3.08. The second kappa shape index (κ2) is 3.07. The van der Waals surface area contributed by atoms with Gasteiger partial charge in [-0.15, -0.1) is 0 Å². The highest BCUT2D eigenvalue weighted by Gasteiger charge is 2.48. The van der Waals surface area contributed by atoms with E-state index in [1.165, 1.54) is 7.11 Å². The molecule has 1 N–H and O–H groups in total. The Labute approximate surface area is 92.6 Å². The van der Waals surface area contributed by atoms with Crippen molar-refractivity contribution in [3.63, 3.8) is 0 Å². The highest BCUT2D eigenvalue weighted by Crippen LogP contribution is 2.53. The summed E-state index contributed by atoms with van der Waals surface area (Å²) in [5.41, 5.74) is 2.37. The number of benzene rings is 1. The van der Waals surface area contributed by atoms with E-state index in [9.17, 15) is 9.59 Å². The Balaban J connectivity index is 2.02. The lowest BCUT2D eigenvalue weighted by atomic mass is 10.0. The summed E-state index contributed by atoms with van der Waals surface area (Å²) in [6.07, 6.45) is 0.927. The van der Waals surface area contributed by atoms with Crippen LogP contribution in [0.3, 0.4) is 0 Å². The Bertz CT molecular complexity index is 495. The predicted octanol–water partition coefficient (Wildman–Crippen LogP) is 1.53. The van der Waals surface area contributed by atoms with Crippen molar-refractivity contribution in [2.45, 2.75) is 12.3 Å². The first kappa shape index (κ1) is 9.39. The van der Waals surface area contributed by atoms with Gasteiger partial charge in [-0.1, -0.05) is 6.07 Å². The molecule has 1 amide bonds. The average molecular weight is 217 g/mol. The van der Waals surface area contributed by atoms with Gasteiger partial charge in [-0.3, -0.25) is 4.79 Å². The van der Waals surface area contributed by atoms with Crippen molar-refractivity contribution in [1.82, 2.24) is 0 Å². The number of hydrogen-bond acceptors (Lipinski definition) is 3. The molecule has 82 valence electrons. The summed E-state index contributed by atoms with van der Waals surface area (Å²) >= 11 is 0. The van der Waals surface area contributed by atoms with Gasteiger partial charge in [-0.05, 0) is 30.0 Å². The summed E-state index contributed by atoms with van der Waals surface area (Å²) in [4.78, 5) is 22.9. The van der Waals surface area contributed by atoms with Gasteiger partial charge in [0.1, 0.15) is 0 Å². The first-order valence-electron chi connectivity index (χ1n) is 5.24. The molecule has 2 unspecified atom stereocenters. The fraction of sp³-hybridized carbons (Fsp3) is 0.333. The number of ether oxygens (including phenoxy) is 1. The quantitative estimate of drug-likeness (QED) is 0.726. The molecule has 1 saturated carbocycles. The lowest BCUT2D eigenvalue weighted by Crippen LogP contribution is -2.20. The minimum absolute atomic E-state index is 0.0690. The van der Waals surface area contributed by atoms with Crippen molar-refractivity contribution < 1.29 is 14.3 Å². The second-order valence-electron chi connectivity index (χ2n) is 4.23. The van der Waals surface area contributed by atoms with Gasteiger partial charge in [0.25, 0.3) is 0 Å². The number of methoxy groups -OCH3 is 1. The number of anilines is 1. The molecule has 1 fully saturated rings. The molecule has 1 aromatic carbocycles. The van der Waals surface area contributed by atoms with Gasteiger partial charge < -0.3 is 10.1 Å². The molecule has 16 heavy (non-hydrogen) atoms. The Morgan fingerprint density at radius 3 is 3.00 bits per heavy atom. The van der Waals surface area contributed by atoms with Crippen molar-refractivity contribution in [3.8, 4) is 0 Å². The minimum atomic E-state index is -0.380. The smallest absolute Gasteiger partial charge is 0.337 e. The van der Waals surface area contributed by atoms with Gasteiger partial charge in [0.2, 0.25) is 5.91 Å². The van der Waals surface area contributed by atoms with E-state index in [0.29, 0.717) is 11.5 Å². The van der Waals surface area contributed by atoms with E-state index >= 15 is 0 Å². The SMILES string of the molecule is COC(=O)c1ccc2c(c1)NC(=O)C1CC21. The van der Waals surface area contributed by atoms with Gasteiger partial charge in [0.15, 0.2) is 0 Å². The number of hydrogen-bond donors (Lipinski definition) is 1. The molecule has 1 aliphatic heterocycles. The molecule has 1 aliphatic carbocycles. The third-order valence-electron chi connectivity index (χ3n) is 3.26. The van der Waals surface area contributed by atoms with E-state index in [4.69, 9.17) is 0 Å². The van der Waals surface area contributed by atoms with E-state index in [1.807, 2.05) is 6.07 Å². The zero-order valence-corrected chi connectivity index (χ0v) is 8.82. The molecule has 3 rings (SSSR count). The summed E-state index contributed by atoms with van der Waals surface area (Å²) in [6, 6.07) is 5.34. The molecule has 4 heteroatoms. The number of nitrogens with one attached hydrogen (secondary N) is 1. The number of rotatable bonds is 1. The van der Waals surface area contributed by atoms with Crippen LogP contribution in [-0.4, -0.2) is 19.0 Å². The number of carbonyl (C=O) groups is 2. The third-order valence-corrected chi connectivity index (χ3v) is 3.26. The summed E-state index contributed by atoms with van der Waals surface area (Å²) in [5, 5.41) is 2.82. The minimum Gasteiger partial charge on any atom is -0.465 e. The van der Waals surface area contributed by atoms with Gasteiger partial charge in [0, 0.05) is 11.6 Å². The molecule has 0 bridgehead atoms. The van der Waals surface area contributed by atoms with Crippen LogP contribution in [-0.2, 0) is 9.53 Å². The topological polar surface area (TPSA) is 55.4 Å². The zero-order chi connectivity index (χ0) is 11.3. The molecule has 0 aromatic heterocycles. The normalized spacial score (nSPS) is 25.2. The van der Waals surface area contributed by atoms with Crippen molar-refractivity contribution in [3.05, 3.63) is 29.3 Å². The maximum atomic E-state index is 11.5. The second-order valence-corrected chi connectivity index (χ2v) is 4.23. The first-order valence-corrected chi connectivity index (χ1v) is 5.24. The molecule has 0 radical (unpaired) electrons. The monoisotopic (exact) mass is 217 g/mol. The molecule has 4 nitrogen and oxygen atoms in total. The molecule has 1 heterocycles. The summed E-state index contributed by atoms with van der Waals surface area (Å²) in [7, 11) is 1.34. The fourth-order valence-electron chi connectivity index (χ4n) is 2.29. The predicted molar refractivity (Wildman–Crippen MR) is 57.3 cm³/mol. The highest BCUT2D eigenvalue weighted by atomic mass is 16.5. The standard InChI is InChI=1S/C12H11NO3/c1-16-12(15)6-2-3-7-8-5-9(8)11(14)13-10(7)4-6/h2-4,8-9H,5H2,1H3,(H,13,14).